The van der Waals surface area contributed by atoms with E-state index >= 15 is 0 Å². The van der Waals surface area contributed by atoms with Crippen LogP contribution in [0.1, 0.15) is 0 Å². The summed E-state index contributed by atoms with van der Waals surface area (Å²) in [5.41, 5.74) is 5.75. The standard InChI is InChI=1S/C5H5.2CO.F6P.Mn.NO/c1-2-4-5-3-1;2*1-2;1-7(2,3,4,5)6;;1-2/h1-5H;;;;;/q-1;;;-1;;+1. The topological polar surface area (TPSA) is 83.5 Å². The largest absolute Gasteiger partial charge is 0.214 e. The Balaban J connectivity index is -0.0000000482. The SMILES string of the molecule is F[P-](F)(F)(F)(F)F.N#[O+].[C-]#[O+].[C-]#[O+].[Mn].c1cc[cH-]c1. The fourth-order valence-electron chi connectivity index (χ4n) is 0.321. The maximum absolute atomic E-state index is 10.7. The molecule has 12 heteroatoms. The van der Waals surface area contributed by atoms with Gasteiger partial charge in [0.2, 0.25) is 0 Å². The summed E-state index contributed by atoms with van der Waals surface area (Å²) in [5, 5.41) is 0. The molecule has 0 aliphatic rings. The number of hydrogen-bond donors (Lipinski definition) is 0. The van der Waals surface area contributed by atoms with Crippen molar-refractivity contribution in [2.75, 3.05) is 0 Å². The molecule has 1 aromatic rings. The van der Waals surface area contributed by atoms with Gasteiger partial charge in [0.1, 0.15) is 0 Å². The molecule has 0 spiro atoms. The van der Waals surface area contributed by atoms with E-state index in [0.717, 1.165) is 0 Å². The molecule has 0 fully saturated rings. The van der Waals surface area contributed by atoms with Gasteiger partial charge in [0, 0.05) is 17.1 Å². The monoisotopic (exact) mass is 351 g/mol. The van der Waals surface area contributed by atoms with E-state index < -0.39 is 7.81 Å². The van der Waals surface area contributed by atoms with Crippen molar-refractivity contribution in [3.63, 3.8) is 0 Å². The minimum Gasteiger partial charge on any atom is -0.214 e. The molecule has 0 N–H and O–H groups in total. The van der Waals surface area contributed by atoms with Crippen LogP contribution in [0, 0.1) is 18.8 Å². The molecule has 0 bridgehead atoms. The van der Waals surface area contributed by atoms with Gasteiger partial charge in [-0.2, -0.15) is 18.2 Å². The number of halogens is 6. The number of hydrogen-bond acceptors (Lipinski definition) is 1. The third kappa shape index (κ3) is 237. The van der Waals surface area contributed by atoms with Crippen molar-refractivity contribution in [2.45, 2.75) is 0 Å². The van der Waals surface area contributed by atoms with E-state index in [2.05, 4.69) is 13.3 Å². The van der Waals surface area contributed by atoms with Crippen LogP contribution >= 0.6 is 7.81 Å². The van der Waals surface area contributed by atoms with Crippen LogP contribution in [0.2, 0.25) is 0 Å². The normalized spacial score (nSPS) is 10.9. The van der Waals surface area contributed by atoms with E-state index in [1.807, 2.05) is 30.3 Å². The van der Waals surface area contributed by atoms with Crippen molar-refractivity contribution in [1.82, 2.24) is 0 Å². The van der Waals surface area contributed by atoms with Crippen LogP contribution in [0.3, 0.4) is 0 Å². The second-order valence-corrected chi connectivity index (χ2v) is 3.84. The fraction of sp³-hybridized carbons (Fsp3) is 0. The molecule has 0 unspecified atom stereocenters. The molecule has 0 aromatic heterocycles. The van der Waals surface area contributed by atoms with E-state index in [1.165, 1.54) is 0 Å². The van der Waals surface area contributed by atoms with Gasteiger partial charge in [0.15, 0.2) is 0 Å². The Morgan fingerprint density at radius 1 is 0.789 bits per heavy atom. The Hall–Kier alpha value is -0.971. The Kier molecular flexibility index (Phi) is 19.6. The molecule has 4 nitrogen and oxygen atoms in total. The predicted octanol–water partition coefficient (Wildman–Crippen LogP) is 4.61. The van der Waals surface area contributed by atoms with Gasteiger partial charge < -0.3 is 0 Å². The summed E-state index contributed by atoms with van der Waals surface area (Å²) in [5.74, 6) is 0. The Bertz CT molecular complexity index is 300. The minimum atomic E-state index is -10.7. The molecule has 0 amide bonds. The molecule has 1 rings (SSSR count). The van der Waals surface area contributed by atoms with Crippen LogP contribution in [0.4, 0.5) is 25.2 Å². The van der Waals surface area contributed by atoms with Gasteiger partial charge in [-0.25, -0.2) is 12.1 Å². The third-order valence-electron chi connectivity index (χ3n) is 0.556. The summed E-state index contributed by atoms with van der Waals surface area (Å²) in [4.78, 5) is 0. The second-order valence-electron chi connectivity index (χ2n) is 1.92. The molecule has 1 radical (unpaired) electrons. The van der Waals surface area contributed by atoms with Crippen LogP contribution in [-0.2, 0) is 31.1 Å². The zero-order valence-corrected chi connectivity index (χ0v) is 10.7. The first kappa shape index (κ1) is 30.8. The molecule has 1 aromatic carbocycles. The van der Waals surface area contributed by atoms with Gasteiger partial charge in [-0.05, 0) is 0 Å². The zero-order chi connectivity index (χ0) is 15.9. The second kappa shape index (κ2) is 12.1. The van der Waals surface area contributed by atoms with Crippen LogP contribution in [0.25, 0.3) is 0 Å². The van der Waals surface area contributed by atoms with Gasteiger partial charge in [-0.1, -0.05) is 0 Å². The molecule has 0 heterocycles. The summed E-state index contributed by atoms with van der Waals surface area (Å²) >= 11 is 0. The van der Waals surface area contributed by atoms with Gasteiger partial charge in [0.05, 0.1) is 0 Å². The molecule has 111 valence electrons. The summed E-state index contributed by atoms with van der Waals surface area (Å²) < 4.78 is 81.4. The predicted molar refractivity (Wildman–Crippen MR) is 45.9 cm³/mol. The quantitative estimate of drug-likeness (QED) is 0.221. The van der Waals surface area contributed by atoms with Crippen molar-refractivity contribution in [3.8, 4) is 0 Å². The van der Waals surface area contributed by atoms with Crippen molar-refractivity contribution in [1.29, 1.82) is 5.46 Å². The van der Waals surface area contributed by atoms with Crippen LogP contribution in [0.5, 0.6) is 0 Å². The van der Waals surface area contributed by atoms with E-state index in [-0.39, 0.29) is 17.1 Å². The van der Waals surface area contributed by atoms with Crippen molar-refractivity contribution in [2.24, 2.45) is 0 Å². The summed E-state index contributed by atoms with van der Waals surface area (Å²) in [7, 11) is -10.7. The van der Waals surface area contributed by atoms with Crippen molar-refractivity contribution in [3.05, 3.63) is 43.6 Å². The average Bonchev–Trinajstić information content (AvgIpc) is 2.79. The summed E-state index contributed by atoms with van der Waals surface area (Å²) in [6, 6.07) is 10.0. The Morgan fingerprint density at radius 3 is 1.00 bits per heavy atom. The van der Waals surface area contributed by atoms with Gasteiger partial charge in [-0.15, -0.1) is 0 Å². The van der Waals surface area contributed by atoms with Gasteiger partial charge in [0.25, 0.3) is 0 Å². The van der Waals surface area contributed by atoms with E-state index in [1.54, 1.807) is 0 Å². The van der Waals surface area contributed by atoms with Crippen LogP contribution < -0.4 is 0 Å². The molecule has 0 atom stereocenters. The zero-order valence-electron chi connectivity index (χ0n) is 8.65. The van der Waals surface area contributed by atoms with E-state index in [0.29, 0.717) is 0 Å². The van der Waals surface area contributed by atoms with Gasteiger partial charge >= 0.3 is 65.8 Å². The first-order valence-electron chi connectivity index (χ1n) is 3.27. The maximum Gasteiger partial charge on any atom is 0 e. The molecule has 0 saturated carbocycles. The molecular weight excluding hydrogens is 346 g/mol. The van der Waals surface area contributed by atoms with E-state index in [9.17, 15) is 25.2 Å². The minimum absolute atomic E-state index is 0. The molecular formula is C7H5F6MnNO3P-. The maximum atomic E-state index is 9.87. The fourth-order valence-corrected chi connectivity index (χ4v) is 0.321. The van der Waals surface area contributed by atoms with Crippen molar-refractivity contribution < 1.29 is 56.3 Å². The van der Waals surface area contributed by atoms with Crippen LogP contribution in [0.15, 0.2) is 30.3 Å². The number of nitrogens with zero attached hydrogens (tertiary/aromatic N) is 1. The van der Waals surface area contributed by atoms with Crippen LogP contribution in [-0.4, -0.2) is 0 Å². The van der Waals surface area contributed by atoms with Crippen molar-refractivity contribution >= 4 is 7.81 Å². The summed E-state index contributed by atoms with van der Waals surface area (Å²) in [6.07, 6.45) is 0. The Labute approximate surface area is 114 Å². The van der Waals surface area contributed by atoms with Gasteiger partial charge in [-0.3, -0.25) is 0 Å². The molecule has 0 aliphatic carbocycles. The smallest absolute Gasteiger partial charge is 0 e. The first-order chi connectivity index (χ1) is 7.95. The average molecular weight is 351 g/mol. The molecule has 0 aliphatic heterocycles. The third-order valence-corrected chi connectivity index (χ3v) is 0.556. The molecule has 0 saturated heterocycles. The first-order valence-corrected chi connectivity index (χ1v) is 5.30. The number of rotatable bonds is 0. The van der Waals surface area contributed by atoms with E-state index in [4.69, 9.17) is 19.5 Å². The molecule has 19 heavy (non-hydrogen) atoms. The Morgan fingerprint density at radius 2 is 0.947 bits per heavy atom. The summed E-state index contributed by atoms with van der Waals surface area (Å²) in [6.45, 7) is 9.00.